The minimum atomic E-state index is 0.682. The van der Waals surface area contributed by atoms with E-state index in [0.29, 0.717) is 5.82 Å². The van der Waals surface area contributed by atoms with Crippen molar-refractivity contribution in [2.75, 3.05) is 0 Å². The van der Waals surface area contributed by atoms with Gasteiger partial charge in [0.15, 0.2) is 5.82 Å². The van der Waals surface area contributed by atoms with Gasteiger partial charge in [-0.2, -0.15) is 0 Å². The molecule has 0 spiro atoms. The molecule has 0 amide bonds. The van der Waals surface area contributed by atoms with Gasteiger partial charge < -0.3 is 0 Å². The Hall–Kier alpha value is -8.05. The van der Waals surface area contributed by atoms with Crippen molar-refractivity contribution in [2.45, 2.75) is 0 Å². The summed E-state index contributed by atoms with van der Waals surface area (Å²) in [5.74, 6) is 0.682. The number of pyridine rings is 1. The van der Waals surface area contributed by atoms with E-state index in [0.717, 1.165) is 67.1 Å². The number of hydrogen-bond donors (Lipinski definition) is 0. The second-order valence-corrected chi connectivity index (χ2v) is 17.0. The maximum absolute atomic E-state index is 5.27. The Kier molecular flexibility index (Phi) is 9.02. The summed E-state index contributed by atoms with van der Waals surface area (Å²) in [5.41, 5.74) is 14.8. The van der Waals surface area contributed by atoms with Crippen LogP contribution in [-0.2, 0) is 0 Å². The molecule has 0 saturated carbocycles. The fourth-order valence-corrected chi connectivity index (χ4v) is 10.2. The van der Waals surface area contributed by atoms with E-state index in [2.05, 4.69) is 212 Å². The molecular weight excluding hydrogens is 783 g/mol. The Labute approximate surface area is 369 Å². The van der Waals surface area contributed by atoms with Crippen LogP contribution < -0.4 is 0 Å². The first-order valence-electron chi connectivity index (χ1n) is 21.2. The van der Waals surface area contributed by atoms with Crippen molar-refractivity contribution in [3.8, 4) is 78.5 Å². The van der Waals surface area contributed by atoms with Gasteiger partial charge in [0.1, 0.15) is 0 Å². The first-order valence-corrected chi connectivity index (χ1v) is 22.1. The van der Waals surface area contributed by atoms with Crippen molar-refractivity contribution in [2.24, 2.45) is 0 Å². The van der Waals surface area contributed by atoms with Crippen molar-refractivity contribution in [1.29, 1.82) is 0 Å². The first-order chi connectivity index (χ1) is 31.2. The van der Waals surface area contributed by atoms with E-state index in [1.165, 1.54) is 47.5 Å². The topological polar surface area (TPSA) is 38.7 Å². The third-order valence-electron chi connectivity index (χ3n) is 12.1. The maximum Gasteiger partial charge on any atom is 0.160 e. The third kappa shape index (κ3) is 6.74. The predicted molar refractivity (Wildman–Crippen MR) is 266 cm³/mol. The Morgan fingerprint density at radius 1 is 0.286 bits per heavy atom. The molecule has 12 aromatic rings. The zero-order valence-corrected chi connectivity index (χ0v) is 34.9. The van der Waals surface area contributed by atoms with Crippen LogP contribution in [0.5, 0.6) is 0 Å². The van der Waals surface area contributed by atoms with Gasteiger partial charge in [-0.1, -0.05) is 194 Å². The highest BCUT2D eigenvalue weighted by atomic mass is 32.1. The molecule has 3 heterocycles. The molecule has 0 aliphatic heterocycles. The first kappa shape index (κ1) is 36.8. The van der Waals surface area contributed by atoms with Gasteiger partial charge >= 0.3 is 0 Å². The summed E-state index contributed by atoms with van der Waals surface area (Å²) in [6.45, 7) is 0. The van der Waals surface area contributed by atoms with Gasteiger partial charge in [0.05, 0.1) is 22.6 Å². The van der Waals surface area contributed by atoms with Gasteiger partial charge in [-0.25, -0.2) is 15.0 Å². The van der Waals surface area contributed by atoms with Crippen LogP contribution in [0.2, 0.25) is 0 Å². The summed E-state index contributed by atoms with van der Waals surface area (Å²) in [4.78, 5) is 15.7. The molecule has 0 aliphatic carbocycles. The van der Waals surface area contributed by atoms with Crippen molar-refractivity contribution in [3.63, 3.8) is 0 Å². The van der Waals surface area contributed by atoms with E-state index in [1.54, 1.807) is 0 Å². The lowest BCUT2D eigenvalue weighted by molar-refractivity contribution is 1.18. The Balaban J connectivity index is 0.914. The van der Waals surface area contributed by atoms with Crippen LogP contribution in [0, 0.1) is 0 Å². The normalized spacial score (nSPS) is 11.5. The molecule has 63 heavy (non-hydrogen) atoms. The molecule has 0 unspecified atom stereocenters. The van der Waals surface area contributed by atoms with Gasteiger partial charge in [0.25, 0.3) is 0 Å². The van der Waals surface area contributed by atoms with Gasteiger partial charge in [-0.3, -0.25) is 0 Å². The van der Waals surface area contributed by atoms with Gasteiger partial charge in [-0.15, -0.1) is 11.3 Å². The second-order valence-electron chi connectivity index (χ2n) is 16.0. The summed E-state index contributed by atoms with van der Waals surface area (Å²) in [5, 5.41) is 6.24. The van der Waals surface area contributed by atoms with Crippen molar-refractivity contribution < 1.29 is 0 Å². The van der Waals surface area contributed by atoms with E-state index in [-0.39, 0.29) is 0 Å². The number of nitrogens with zero attached hydrogens (tertiary/aromatic N) is 3. The fourth-order valence-electron chi connectivity index (χ4n) is 8.92. The van der Waals surface area contributed by atoms with Crippen LogP contribution in [0.1, 0.15) is 0 Å². The van der Waals surface area contributed by atoms with Gasteiger partial charge in [0.2, 0.25) is 0 Å². The van der Waals surface area contributed by atoms with Crippen LogP contribution in [-0.4, -0.2) is 15.0 Å². The van der Waals surface area contributed by atoms with E-state index in [4.69, 9.17) is 15.0 Å². The molecule has 3 aromatic heterocycles. The van der Waals surface area contributed by atoms with Crippen LogP contribution in [0.15, 0.2) is 224 Å². The SMILES string of the molecule is c1ccc(-c2cccc(-c3cc(-c4cccc(-c5ccccc5)c4)nc(-c4ccc(-c5ccc(-c6nc7ccccc7c7c6ccc6c8ccccc8sc67)cc5)cc4)n3)c2)cc1. The second kappa shape index (κ2) is 15.4. The lowest BCUT2D eigenvalue weighted by Crippen LogP contribution is -1.96. The van der Waals surface area contributed by atoms with Crippen LogP contribution >= 0.6 is 11.3 Å². The largest absolute Gasteiger partial charge is 0.247 e. The summed E-state index contributed by atoms with van der Waals surface area (Å²) in [6.07, 6.45) is 0. The van der Waals surface area contributed by atoms with E-state index in [9.17, 15) is 0 Å². The number of rotatable bonds is 7. The number of thiophene rings is 1. The molecule has 12 rings (SSSR count). The Morgan fingerprint density at radius 3 is 1.40 bits per heavy atom. The average Bonchev–Trinajstić information content (AvgIpc) is 3.76. The highest BCUT2D eigenvalue weighted by molar-refractivity contribution is 7.26. The van der Waals surface area contributed by atoms with E-state index >= 15 is 0 Å². The van der Waals surface area contributed by atoms with Gasteiger partial charge in [-0.05, 0) is 63.7 Å². The summed E-state index contributed by atoms with van der Waals surface area (Å²) >= 11 is 1.87. The van der Waals surface area contributed by atoms with Crippen molar-refractivity contribution >= 4 is 53.2 Å². The van der Waals surface area contributed by atoms with E-state index in [1.807, 2.05) is 23.5 Å². The molecule has 294 valence electrons. The zero-order chi connectivity index (χ0) is 41.7. The summed E-state index contributed by atoms with van der Waals surface area (Å²) in [6, 6.07) is 79.6. The fraction of sp³-hybridized carbons (Fsp3) is 0. The molecule has 0 bridgehead atoms. The van der Waals surface area contributed by atoms with Crippen molar-refractivity contribution in [1.82, 2.24) is 15.0 Å². The molecule has 0 atom stereocenters. The average molecular weight is 820 g/mol. The predicted octanol–water partition coefficient (Wildman–Crippen LogP) is 16.2. The molecular formula is C59H37N3S. The Morgan fingerprint density at radius 2 is 0.762 bits per heavy atom. The third-order valence-corrected chi connectivity index (χ3v) is 13.3. The minimum absolute atomic E-state index is 0.682. The molecule has 9 aromatic carbocycles. The standard InChI is InChI=1S/C59H37N3S/c1-3-13-38(14-4-1)44-17-11-19-46(35-44)53-37-54(47-20-12-18-45(36-47)39-15-5-2-6-16-39)62-59(61-53)43-31-27-41(28-32-43)40-25-29-42(30-26-40)57-51-34-33-49-48-21-8-10-24-55(48)63-58(49)56(51)50-22-7-9-23-52(50)60-57/h1-37H. The van der Waals surface area contributed by atoms with Gasteiger partial charge in [0, 0.05) is 58.6 Å². The highest BCUT2D eigenvalue weighted by Gasteiger charge is 2.17. The molecule has 3 nitrogen and oxygen atoms in total. The molecule has 0 radical (unpaired) electrons. The lowest BCUT2D eigenvalue weighted by Gasteiger charge is -2.12. The van der Waals surface area contributed by atoms with Crippen LogP contribution in [0.25, 0.3) is 120 Å². The quantitative estimate of drug-likeness (QED) is 0.150. The molecule has 4 heteroatoms. The molecule has 0 aliphatic rings. The smallest absolute Gasteiger partial charge is 0.160 e. The number of benzene rings is 9. The number of hydrogen-bond acceptors (Lipinski definition) is 4. The highest BCUT2D eigenvalue weighted by Crippen LogP contribution is 2.43. The number of fused-ring (bicyclic) bond motifs is 7. The number of aromatic nitrogens is 3. The summed E-state index contributed by atoms with van der Waals surface area (Å²) < 4.78 is 2.62. The Bertz CT molecular complexity index is 3550. The maximum atomic E-state index is 5.27. The van der Waals surface area contributed by atoms with Crippen molar-refractivity contribution in [3.05, 3.63) is 224 Å². The zero-order valence-electron chi connectivity index (χ0n) is 34.1. The molecule has 0 saturated heterocycles. The number of para-hydroxylation sites is 1. The lowest BCUT2D eigenvalue weighted by atomic mass is 9.96. The van der Waals surface area contributed by atoms with Crippen LogP contribution in [0.3, 0.4) is 0 Å². The molecule has 0 fully saturated rings. The molecule has 0 N–H and O–H groups in total. The van der Waals surface area contributed by atoms with Crippen LogP contribution in [0.4, 0.5) is 0 Å². The van der Waals surface area contributed by atoms with E-state index < -0.39 is 0 Å². The minimum Gasteiger partial charge on any atom is -0.247 e. The monoisotopic (exact) mass is 819 g/mol. The summed E-state index contributed by atoms with van der Waals surface area (Å²) in [7, 11) is 0.